The van der Waals surface area contributed by atoms with Crippen molar-refractivity contribution in [3.8, 4) is 0 Å². The van der Waals surface area contributed by atoms with Crippen molar-refractivity contribution in [2.75, 3.05) is 26.2 Å². The SMILES string of the molecule is CCCC(NC(=O)[C@@H]1C[C@H](CNS(=O)(=O)c2ccccc2)CN1C(=O)C(NC(=O)OCC(C)C)C1CCCCC1)C(=O)C(=O)NCC(=O)NC(C(N)=O)c1ccccc1. The van der Waals surface area contributed by atoms with Gasteiger partial charge in [0.2, 0.25) is 39.4 Å². The number of alkyl carbamates (subject to hydrolysis) is 1. The third-order valence-corrected chi connectivity index (χ3v) is 11.8. The number of benzene rings is 2. The number of sulfonamides is 1. The van der Waals surface area contributed by atoms with E-state index in [1.807, 2.05) is 13.8 Å². The number of nitrogens with two attached hydrogens (primary N) is 1. The van der Waals surface area contributed by atoms with E-state index in [1.165, 1.54) is 17.0 Å². The number of carbonyl (C=O) groups excluding carboxylic acids is 7. The minimum atomic E-state index is -3.94. The van der Waals surface area contributed by atoms with Gasteiger partial charge in [0.15, 0.2) is 0 Å². The second-order valence-electron chi connectivity index (χ2n) is 15.5. The predicted molar refractivity (Wildman–Crippen MR) is 216 cm³/mol. The van der Waals surface area contributed by atoms with Crippen molar-refractivity contribution in [1.29, 1.82) is 0 Å². The van der Waals surface area contributed by atoms with Crippen LogP contribution in [0, 0.1) is 17.8 Å². The largest absolute Gasteiger partial charge is 0.449 e. The van der Waals surface area contributed by atoms with Crippen molar-refractivity contribution in [2.24, 2.45) is 23.5 Å². The van der Waals surface area contributed by atoms with Crippen molar-refractivity contribution < 1.29 is 46.7 Å². The number of ether oxygens (including phenoxy) is 1. The van der Waals surface area contributed by atoms with Crippen LogP contribution in [0.25, 0.3) is 0 Å². The molecule has 1 aliphatic carbocycles. The standard InChI is InChI=1S/C41H57N7O10S/c1-4-14-31(36(50)39(53)43-23-33(49)46-34(37(42)51)28-15-8-5-9-16-28)45-38(52)32-21-27(22-44-59(56,57)30-19-12-7-13-20-30)24-48(32)40(54)35(29-17-10-6-11-18-29)47-41(55)58-25-26(2)3/h5,7-9,12-13,15-16,19-20,26-27,29,31-32,34-35,44H,4,6,10-11,14,17-18,21-25H2,1-3H3,(H2,42,51)(H,43,53)(H,45,52)(H,46,49)(H,47,55)/t27-,31?,32+,34?,35?/m1/s1. The molecule has 18 heteroatoms. The van der Waals surface area contributed by atoms with Crippen LogP contribution in [0.5, 0.6) is 0 Å². The molecule has 1 heterocycles. The first-order valence-corrected chi connectivity index (χ1v) is 21.6. The van der Waals surface area contributed by atoms with Crippen LogP contribution in [0.15, 0.2) is 65.6 Å². The van der Waals surface area contributed by atoms with Gasteiger partial charge in [-0.15, -0.1) is 0 Å². The van der Waals surface area contributed by atoms with E-state index in [1.54, 1.807) is 55.5 Å². The quantitative estimate of drug-likeness (QED) is 0.106. The lowest BCUT2D eigenvalue weighted by Crippen LogP contribution is -2.58. The zero-order chi connectivity index (χ0) is 43.1. The molecule has 5 atom stereocenters. The molecule has 0 spiro atoms. The third-order valence-electron chi connectivity index (χ3n) is 10.4. The molecule has 6 amide bonds. The molecule has 1 aliphatic heterocycles. The third kappa shape index (κ3) is 13.6. The number of ketones is 1. The molecule has 2 aromatic carbocycles. The fraction of sp³-hybridized carbons (Fsp3) is 0.537. The minimum absolute atomic E-state index is 0.00587. The van der Waals surface area contributed by atoms with Crippen molar-refractivity contribution in [3.63, 3.8) is 0 Å². The molecule has 1 saturated carbocycles. The van der Waals surface area contributed by atoms with E-state index < -0.39 is 88.1 Å². The Hall–Kier alpha value is -5.36. The van der Waals surface area contributed by atoms with Gasteiger partial charge >= 0.3 is 6.09 Å². The average Bonchev–Trinajstić information content (AvgIpc) is 3.67. The maximum absolute atomic E-state index is 14.6. The number of hydrogen-bond acceptors (Lipinski definition) is 10. The van der Waals surface area contributed by atoms with Crippen molar-refractivity contribution in [3.05, 3.63) is 66.2 Å². The molecule has 0 radical (unpaired) electrons. The van der Waals surface area contributed by atoms with E-state index in [-0.39, 0.29) is 49.3 Å². The summed E-state index contributed by atoms with van der Waals surface area (Å²) >= 11 is 0. The first-order valence-electron chi connectivity index (χ1n) is 20.2. The number of rotatable bonds is 20. The van der Waals surface area contributed by atoms with Gasteiger partial charge in [0.1, 0.15) is 18.1 Å². The van der Waals surface area contributed by atoms with Gasteiger partial charge in [-0.25, -0.2) is 17.9 Å². The van der Waals surface area contributed by atoms with Crippen LogP contribution < -0.4 is 31.7 Å². The van der Waals surface area contributed by atoms with Crippen LogP contribution in [0.3, 0.4) is 0 Å². The first kappa shape index (κ1) is 46.3. The zero-order valence-electron chi connectivity index (χ0n) is 33.8. The minimum Gasteiger partial charge on any atom is -0.449 e. The Morgan fingerprint density at radius 3 is 2.14 bits per heavy atom. The molecule has 0 aromatic heterocycles. The van der Waals surface area contributed by atoms with Gasteiger partial charge < -0.3 is 36.6 Å². The van der Waals surface area contributed by atoms with Crippen molar-refractivity contribution in [2.45, 2.75) is 101 Å². The van der Waals surface area contributed by atoms with Gasteiger partial charge in [-0.3, -0.25) is 28.8 Å². The second-order valence-corrected chi connectivity index (χ2v) is 17.3. The highest BCUT2D eigenvalue weighted by Crippen LogP contribution is 2.31. The number of nitrogens with zero attached hydrogens (tertiary/aromatic N) is 1. The summed E-state index contributed by atoms with van der Waals surface area (Å²) in [7, 11) is -3.94. The Morgan fingerprint density at radius 2 is 1.53 bits per heavy atom. The maximum atomic E-state index is 14.6. The Morgan fingerprint density at radius 1 is 0.881 bits per heavy atom. The molecule has 2 aromatic rings. The molecule has 59 heavy (non-hydrogen) atoms. The Kier molecular flexibility index (Phi) is 17.4. The molecule has 1 saturated heterocycles. The first-order chi connectivity index (χ1) is 28.1. The lowest BCUT2D eigenvalue weighted by Gasteiger charge is -2.34. The van der Waals surface area contributed by atoms with Gasteiger partial charge in [-0.05, 0) is 61.1 Å². The van der Waals surface area contributed by atoms with Crippen LogP contribution >= 0.6 is 0 Å². The van der Waals surface area contributed by atoms with Crippen LogP contribution in [-0.2, 0) is 43.5 Å². The lowest BCUT2D eigenvalue weighted by molar-refractivity contribution is -0.143. The molecule has 3 unspecified atom stereocenters. The summed E-state index contributed by atoms with van der Waals surface area (Å²) in [4.78, 5) is 94.3. The molecule has 322 valence electrons. The Bertz CT molecular complexity index is 1890. The Labute approximate surface area is 345 Å². The van der Waals surface area contributed by atoms with Gasteiger partial charge in [0.25, 0.3) is 5.91 Å². The second kappa shape index (κ2) is 22.1. The number of hydrogen-bond donors (Lipinski definition) is 6. The number of carbonyl (C=O) groups is 7. The summed E-state index contributed by atoms with van der Waals surface area (Å²) in [5, 5.41) is 10.1. The number of nitrogens with one attached hydrogen (secondary N) is 5. The molecular weight excluding hydrogens is 783 g/mol. The topological polar surface area (TPSA) is 252 Å². The fourth-order valence-electron chi connectivity index (χ4n) is 7.32. The summed E-state index contributed by atoms with van der Waals surface area (Å²) in [6.07, 6.45) is 3.60. The highest BCUT2D eigenvalue weighted by Gasteiger charge is 2.45. The number of likely N-dealkylation sites (tertiary alicyclic amines) is 1. The number of primary amides is 1. The molecule has 17 nitrogen and oxygen atoms in total. The monoisotopic (exact) mass is 839 g/mol. The van der Waals surface area contributed by atoms with Crippen LogP contribution in [0.2, 0.25) is 0 Å². The molecular formula is C41H57N7O10S. The van der Waals surface area contributed by atoms with Gasteiger partial charge in [0.05, 0.1) is 24.1 Å². The number of Topliss-reactive ketones (excluding diaryl/α,β-unsaturated/α-hetero) is 1. The van der Waals surface area contributed by atoms with E-state index in [9.17, 15) is 42.0 Å². The number of amides is 6. The fourth-order valence-corrected chi connectivity index (χ4v) is 8.46. The van der Waals surface area contributed by atoms with Crippen LogP contribution in [0.4, 0.5) is 4.79 Å². The predicted octanol–water partition coefficient (Wildman–Crippen LogP) is 1.83. The van der Waals surface area contributed by atoms with Crippen molar-refractivity contribution >= 4 is 51.4 Å². The normalized spacial score (nSPS) is 18.5. The molecule has 4 rings (SSSR count). The van der Waals surface area contributed by atoms with Gasteiger partial charge in [0, 0.05) is 13.1 Å². The lowest BCUT2D eigenvalue weighted by atomic mass is 9.83. The summed E-state index contributed by atoms with van der Waals surface area (Å²) in [5.74, 6) is -5.87. The van der Waals surface area contributed by atoms with E-state index in [0.717, 1.165) is 19.3 Å². The van der Waals surface area contributed by atoms with E-state index in [2.05, 4.69) is 26.0 Å². The summed E-state index contributed by atoms with van der Waals surface area (Å²) in [5.41, 5.74) is 5.89. The van der Waals surface area contributed by atoms with Crippen LogP contribution in [0.1, 0.15) is 83.7 Å². The van der Waals surface area contributed by atoms with Crippen molar-refractivity contribution in [1.82, 2.24) is 30.9 Å². The smallest absolute Gasteiger partial charge is 0.407 e. The maximum Gasteiger partial charge on any atom is 0.407 e. The van der Waals surface area contributed by atoms with E-state index >= 15 is 0 Å². The Balaban J connectivity index is 1.51. The van der Waals surface area contributed by atoms with Gasteiger partial charge in [-0.1, -0.05) is 95.0 Å². The molecule has 0 bridgehead atoms. The molecule has 2 aliphatic rings. The summed E-state index contributed by atoms with van der Waals surface area (Å²) < 4.78 is 34.2. The van der Waals surface area contributed by atoms with E-state index in [0.29, 0.717) is 24.8 Å². The zero-order valence-corrected chi connectivity index (χ0v) is 34.6. The highest BCUT2D eigenvalue weighted by molar-refractivity contribution is 7.89. The summed E-state index contributed by atoms with van der Waals surface area (Å²) in [6, 6.07) is 11.2. The summed E-state index contributed by atoms with van der Waals surface area (Å²) in [6.45, 7) is 4.78. The van der Waals surface area contributed by atoms with E-state index in [4.69, 9.17) is 10.5 Å². The average molecular weight is 840 g/mol. The highest BCUT2D eigenvalue weighted by atomic mass is 32.2. The molecule has 7 N–H and O–H groups in total. The van der Waals surface area contributed by atoms with Gasteiger partial charge in [-0.2, -0.15) is 0 Å². The molecule has 2 fully saturated rings. The van der Waals surface area contributed by atoms with Crippen LogP contribution in [-0.4, -0.2) is 99.1 Å².